The second-order valence-corrected chi connectivity index (χ2v) is 9.37. The monoisotopic (exact) mass is 486 g/mol. The molecule has 0 fully saturated rings. The van der Waals surface area contributed by atoms with Crippen molar-refractivity contribution in [1.29, 1.82) is 0 Å². The van der Waals surface area contributed by atoms with E-state index in [-0.39, 0.29) is 11.8 Å². The van der Waals surface area contributed by atoms with Gasteiger partial charge in [0.2, 0.25) is 5.91 Å². The van der Waals surface area contributed by atoms with Crippen molar-refractivity contribution in [3.63, 3.8) is 0 Å². The number of halogens is 1. The number of anilines is 2. The van der Waals surface area contributed by atoms with Crippen LogP contribution in [0.1, 0.15) is 26.7 Å². The Morgan fingerprint density at radius 3 is 2.18 bits per heavy atom. The number of rotatable bonds is 7. The highest BCUT2D eigenvalue weighted by molar-refractivity contribution is 8.00. The number of benzene rings is 4. The van der Waals surface area contributed by atoms with Gasteiger partial charge in [-0.1, -0.05) is 65.7 Å². The maximum absolute atomic E-state index is 13.2. The summed E-state index contributed by atoms with van der Waals surface area (Å²) in [5.41, 5.74) is 3.91. The Kier molecular flexibility index (Phi) is 7.68. The van der Waals surface area contributed by atoms with E-state index in [2.05, 4.69) is 10.6 Å². The first kappa shape index (κ1) is 23.6. The van der Waals surface area contributed by atoms with Gasteiger partial charge in [0.25, 0.3) is 5.91 Å². The van der Waals surface area contributed by atoms with Crippen LogP contribution in [0.2, 0.25) is 5.02 Å². The highest BCUT2D eigenvalue weighted by Gasteiger charge is 2.22. The van der Waals surface area contributed by atoms with Gasteiger partial charge in [-0.3, -0.25) is 9.59 Å². The van der Waals surface area contributed by atoms with Gasteiger partial charge in [-0.2, -0.15) is 0 Å². The minimum atomic E-state index is -0.486. The maximum atomic E-state index is 13.2. The minimum absolute atomic E-state index is 0.146. The molecule has 0 saturated carbocycles. The van der Waals surface area contributed by atoms with Crippen LogP contribution in [0.4, 0.5) is 11.4 Å². The zero-order valence-corrected chi connectivity index (χ0v) is 20.1. The van der Waals surface area contributed by atoms with Crippen LogP contribution in [0.15, 0.2) is 108 Å². The van der Waals surface area contributed by atoms with Crippen molar-refractivity contribution in [1.82, 2.24) is 0 Å². The van der Waals surface area contributed by atoms with E-state index >= 15 is 0 Å². The lowest BCUT2D eigenvalue weighted by Gasteiger charge is -2.18. The van der Waals surface area contributed by atoms with Gasteiger partial charge in [-0.25, -0.2) is 0 Å². The summed E-state index contributed by atoms with van der Waals surface area (Å²) in [5, 5.41) is 6.03. The molecule has 4 aromatic carbocycles. The molecule has 0 spiro atoms. The number of amides is 2. The zero-order chi connectivity index (χ0) is 23.9. The molecular formula is C28H23ClN2O2S. The number of thioether (sulfide) groups is 1. The fourth-order valence-electron chi connectivity index (χ4n) is 3.33. The molecule has 0 aliphatic heterocycles. The summed E-state index contributed by atoms with van der Waals surface area (Å²) >= 11 is 7.39. The molecule has 1 unspecified atom stereocenters. The molecule has 0 saturated heterocycles. The number of carbonyl (C=O) groups excluding carboxylic acids is 2. The first-order valence-corrected chi connectivity index (χ1v) is 12.0. The van der Waals surface area contributed by atoms with Crippen molar-refractivity contribution >= 4 is 46.6 Å². The van der Waals surface area contributed by atoms with E-state index in [1.807, 2.05) is 73.7 Å². The Morgan fingerprint density at radius 1 is 0.765 bits per heavy atom. The molecule has 1 atom stereocenters. The number of aryl methyl sites for hydroxylation is 1. The number of hydrogen-bond donors (Lipinski definition) is 2. The summed E-state index contributed by atoms with van der Waals surface area (Å²) in [7, 11) is 0. The average molecular weight is 487 g/mol. The maximum Gasteiger partial charge on any atom is 0.255 e. The van der Waals surface area contributed by atoms with E-state index in [1.54, 1.807) is 36.4 Å². The molecule has 6 heteroatoms. The van der Waals surface area contributed by atoms with Gasteiger partial charge in [-0.05, 0) is 67.1 Å². The Balaban J connectivity index is 1.53. The van der Waals surface area contributed by atoms with Gasteiger partial charge < -0.3 is 10.6 Å². The molecule has 0 aliphatic rings. The van der Waals surface area contributed by atoms with E-state index < -0.39 is 5.25 Å². The fraction of sp³-hybridized carbons (Fsp3) is 0.0714. The van der Waals surface area contributed by atoms with Crippen molar-refractivity contribution in [3.8, 4) is 0 Å². The van der Waals surface area contributed by atoms with E-state index in [4.69, 9.17) is 11.6 Å². The Labute approximate surface area is 208 Å². The summed E-state index contributed by atoms with van der Waals surface area (Å²) in [6, 6.07) is 31.6. The second-order valence-electron chi connectivity index (χ2n) is 7.75. The Bertz CT molecular complexity index is 1280. The predicted octanol–water partition coefficient (Wildman–Crippen LogP) is 7.37. The molecule has 0 aliphatic carbocycles. The van der Waals surface area contributed by atoms with Crippen molar-refractivity contribution in [3.05, 3.63) is 125 Å². The molecule has 4 nitrogen and oxygen atoms in total. The van der Waals surface area contributed by atoms with Crippen LogP contribution >= 0.6 is 23.4 Å². The van der Waals surface area contributed by atoms with Crippen LogP contribution in [0.25, 0.3) is 0 Å². The largest absolute Gasteiger partial charge is 0.325 e. The van der Waals surface area contributed by atoms with Crippen molar-refractivity contribution < 1.29 is 9.59 Å². The van der Waals surface area contributed by atoms with E-state index in [1.165, 1.54) is 11.8 Å². The molecule has 0 bridgehead atoms. The van der Waals surface area contributed by atoms with Crippen molar-refractivity contribution in [2.45, 2.75) is 17.1 Å². The highest BCUT2D eigenvalue weighted by Crippen LogP contribution is 2.37. The average Bonchev–Trinajstić information content (AvgIpc) is 2.85. The third-order valence-corrected chi connectivity index (χ3v) is 6.61. The lowest BCUT2D eigenvalue weighted by Crippen LogP contribution is -2.19. The summed E-state index contributed by atoms with van der Waals surface area (Å²) in [6.07, 6.45) is 0. The molecule has 0 heterocycles. The van der Waals surface area contributed by atoms with Crippen LogP contribution in [-0.4, -0.2) is 11.8 Å². The smallest absolute Gasteiger partial charge is 0.255 e. The highest BCUT2D eigenvalue weighted by atomic mass is 35.5. The van der Waals surface area contributed by atoms with E-state index in [0.717, 1.165) is 16.0 Å². The van der Waals surface area contributed by atoms with E-state index in [9.17, 15) is 9.59 Å². The van der Waals surface area contributed by atoms with Gasteiger partial charge in [0.1, 0.15) is 5.25 Å². The van der Waals surface area contributed by atoms with Crippen LogP contribution in [0.5, 0.6) is 0 Å². The molecule has 34 heavy (non-hydrogen) atoms. The normalized spacial score (nSPS) is 11.5. The van der Waals surface area contributed by atoms with Crippen LogP contribution in [-0.2, 0) is 4.79 Å². The summed E-state index contributed by atoms with van der Waals surface area (Å²) in [4.78, 5) is 26.7. The van der Waals surface area contributed by atoms with Gasteiger partial charge >= 0.3 is 0 Å². The topological polar surface area (TPSA) is 58.2 Å². The number of nitrogens with one attached hydrogen (secondary N) is 2. The summed E-state index contributed by atoms with van der Waals surface area (Å²) < 4.78 is 0. The third-order valence-electron chi connectivity index (χ3n) is 5.11. The molecule has 0 radical (unpaired) electrons. The van der Waals surface area contributed by atoms with Crippen LogP contribution < -0.4 is 10.6 Å². The SMILES string of the molecule is Cc1ccc(C(=O)Nc2cccc(SC(C(=O)Nc3ccc(Cl)cc3)c3ccccc3)c2)cc1. The molecule has 2 amide bonds. The molecule has 2 N–H and O–H groups in total. The third kappa shape index (κ3) is 6.28. The fourth-order valence-corrected chi connectivity index (χ4v) is 4.54. The van der Waals surface area contributed by atoms with Crippen molar-refractivity contribution in [2.75, 3.05) is 10.6 Å². The Hall–Kier alpha value is -3.54. The minimum Gasteiger partial charge on any atom is -0.325 e. The lowest BCUT2D eigenvalue weighted by atomic mass is 10.1. The standard InChI is InChI=1S/C28H23ClN2O2S/c1-19-10-12-21(13-11-19)27(32)31-24-8-5-9-25(18-24)34-26(20-6-3-2-4-7-20)28(33)30-23-16-14-22(29)15-17-23/h2-18,26H,1H3,(H,30,33)(H,31,32). The molecule has 170 valence electrons. The predicted molar refractivity (Wildman–Crippen MR) is 141 cm³/mol. The number of carbonyl (C=O) groups is 2. The first-order valence-electron chi connectivity index (χ1n) is 10.7. The van der Waals surface area contributed by atoms with Gasteiger partial charge in [-0.15, -0.1) is 11.8 Å². The molecule has 0 aromatic heterocycles. The quantitative estimate of drug-likeness (QED) is 0.268. The lowest BCUT2D eigenvalue weighted by molar-refractivity contribution is -0.115. The van der Waals surface area contributed by atoms with Gasteiger partial charge in [0.05, 0.1) is 0 Å². The summed E-state index contributed by atoms with van der Waals surface area (Å²) in [5.74, 6) is -0.324. The summed E-state index contributed by atoms with van der Waals surface area (Å²) in [6.45, 7) is 1.98. The first-order chi connectivity index (χ1) is 16.5. The second kappa shape index (κ2) is 11.1. The Morgan fingerprint density at radius 2 is 1.47 bits per heavy atom. The van der Waals surface area contributed by atoms with Gasteiger partial charge in [0.15, 0.2) is 0 Å². The van der Waals surface area contributed by atoms with Gasteiger partial charge in [0, 0.05) is 26.9 Å². The number of hydrogen-bond acceptors (Lipinski definition) is 3. The molecule has 4 rings (SSSR count). The molecule has 4 aromatic rings. The zero-order valence-electron chi connectivity index (χ0n) is 18.5. The van der Waals surface area contributed by atoms with Crippen LogP contribution in [0.3, 0.4) is 0 Å². The van der Waals surface area contributed by atoms with E-state index in [0.29, 0.717) is 22.0 Å². The molecular weight excluding hydrogens is 464 g/mol. The van der Waals surface area contributed by atoms with Crippen molar-refractivity contribution in [2.24, 2.45) is 0 Å². The van der Waals surface area contributed by atoms with Crippen LogP contribution in [0, 0.1) is 6.92 Å².